The Bertz CT molecular complexity index is 780. The lowest BCUT2D eigenvalue weighted by atomic mass is 10.1. The summed E-state index contributed by atoms with van der Waals surface area (Å²) >= 11 is 1.44. The number of carbonyl (C=O) groups excluding carboxylic acids is 3. The zero-order valence-corrected chi connectivity index (χ0v) is 16.6. The lowest BCUT2D eigenvalue weighted by Gasteiger charge is -2.06. The Morgan fingerprint density at radius 1 is 0.926 bits per heavy atom. The van der Waals surface area contributed by atoms with Crippen LogP contribution in [0.1, 0.15) is 51.4 Å². The van der Waals surface area contributed by atoms with E-state index in [-0.39, 0.29) is 43.2 Å². The van der Waals surface area contributed by atoms with E-state index in [0.717, 1.165) is 16.0 Å². The monoisotopic (exact) mass is 387 g/mol. The van der Waals surface area contributed by atoms with E-state index in [2.05, 4.69) is 5.32 Å². The summed E-state index contributed by atoms with van der Waals surface area (Å²) in [4.78, 5) is 37.6. The SMILES string of the molecule is COCc1ccc(CNC(=O)CCC(=O)CCC(=O)c2ccc(C)s2)cc1. The lowest BCUT2D eigenvalue weighted by molar-refractivity contribution is -0.125. The van der Waals surface area contributed by atoms with Gasteiger partial charge in [-0.2, -0.15) is 0 Å². The van der Waals surface area contributed by atoms with Crippen molar-refractivity contribution in [1.82, 2.24) is 5.32 Å². The molecule has 1 aromatic heterocycles. The van der Waals surface area contributed by atoms with Crippen LogP contribution in [-0.4, -0.2) is 24.6 Å². The molecule has 1 aromatic carbocycles. The van der Waals surface area contributed by atoms with Crippen molar-refractivity contribution in [2.45, 2.75) is 45.8 Å². The third kappa shape index (κ3) is 7.45. The molecule has 27 heavy (non-hydrogen) atoms. The van der Waals surface area contributed by atoms with Gasteiger partial charge in [0.25, 0.3) is 0 Å². The first-order chi connectivity index (χ1) is 13.0. The number of thiophene rings is 1. The molecule has 0 atom stereocenters. The maximum atomic E-state index is 12.0. The number of Topliss-reactive ketones (excluding diaryl/α,β-unsaturated/α-hetero) is 2. The van der Waals surface area contributed by atoms with Crippen molar-refractivity contribution in [3.63, 3.8) is 0 Å². The van der Waals surface area contributed by atoms with Crippen molar-refractivity contribution in [2.75, 3.05) is 7.11 Å². The van der Waals surface area contributed by atoms with Crippen LogP contribution in [-0.2, 0) is 27.5 Å². The highest BCUT2D eigenvalue weighted by Crippen LogP contribution is 2.17. The molecule has 1 amide bonds. The molecule has 0 spiro atoms. The molecule has 0 saturated carbocycles. The largest absolute Gasteiger partial charge is 0.380 e. The van der Waals surface area contributed by atoms with Gasteiger partial charge in [0, 0.05) is 44.2 Å². The Morgan fingerprint density at radius 3 is 2.22 bits per heavy atom. The first kappa shape index (κ1) is 21.0. The van der Waals surface area contributed by atoms with E-state index in [1.54, 1.807) is 13.2 Å². The normalized spacial score (nSPS) is 10.6. The summed E-state index contributed by atoms with van der Waals surface area (Å²) in [6.45, 7) is 2.93. The summed E-state index contributed by atoms with van der Waals surface area (Å²) in [6, 6.07) is 11.5. The molecule has 144 valence electrons. The number of hydrogen-bond donors (Lipinski definition) is 1. The Morgan fingerprint density at radius 2 is 1.59 bits per heavy atom. The van der Waals surface area contributed by atoms with Gasteiger partial charge in [0.2, 0.25) is 5.91 Å². The Labute approximate surface area is 163 Å². The van der Waals surface area contributed by atoms with Gasteiger partial charge in [-0.05, 0) is 30.2 Å². The first-order valence-electron chi connectivity index (χ1n) is 8.92. The molecule has 6 heteroatoms. The summed E-state index contributed by atoms with van der Waals surface area (Å²) in [5, 5.41) is 2.81. The van der Waals surface area contributed by atoms with Crippen molar-refractivity contribution in [3.8, 4) is 0 Å². The van der Waals surface area contributed by atoms with Gasteiger partial charge in [-0.15, -0.1) is 11.3 Å². The summed E-state index contributed by atoms with van der Waals surface area (Å²) in [5.74, 6) is -0.233. The quantitative estimate of drug-likeness (QED) is 0.595. The molecular formula is C21H25NO4S. The highest BCUT2D eigenvalue weighted by Gasteiger charge is 2.12. The summed E-state index contributed by atoms with van der Waals surface area (Å²) in [7, 11) is 1.65. The molecule has 5 nitrogen and oxygen atoms in total. The van der Waals surface area contributed by atoms with Crippen molar-refractivity contribution in [3.05, 3.63) is 57.3 Å². The van der Waals surface area contributed by atoms with Crippen molar-refractivity contribution >= 4 is 28.8 Å². The van der Waals surface area contributed by atoms with E-state index in [1.807, 2.05) is 37.3 Å². The second-order valence-corrected chi connectivity index (χ2v) is 7.69. The molecule has 0 aliphatic rings. The predicted octanol–water partition coefficient (Wildman–Crippen LogP) is 3.83. The van der Waals surface area contributed by atoms with Gasteiger partial charge < -0.3 is 10.1 Å². The molecular weight excluding hydrogens is 362 g/mol. The lowest BCUT2D eigenvalue weighted by Crippen LogP contribution is -2.23. The second-order valence-electron chi connectivity index (χ2n) is 6.40. The van der Waals surface area contributed by atoms with E-state index in [0.29, 0.717) is 18.0 Å². The van der Waals surface area contributed by atoms with Crippen LogP contribution in [0, 0.1) is 6.92 Å². The average molecular weight is 388 g/mol. The fraction of sp³-hybridized carbons (Fsp3) is 0.381. The van der Waals surface area contributed by atoms with E-state index < -0.39 is 0 Å². The number of hydrogen-bond acceptors (Lipinski definition) is 5. The van der Waals surface area contributed by atoms with Gasteiger partial charge >= 0.3 is 0 Å². The average Bonchev–Trinajstić information content (AvgIpc) is 3.10. The van der Waals surface area contributed by atoms with E-state index in [9.17, 15) is 14.4 Å². The smallest absolute Gasteiger partial charge is 0.220 e. The number of methoxy groups -OCH3 is 1. The van der Waals surface area contributed by atoms with Crippen molar-refractivity contribution in [2.24, 2.45) is 0 Å². The van der Waals surface area contributed by atoms with Crippen LogP contribution >= 0.6 is 11.3 Å². The fourth-order valence-electron chi connectivity index (χ4n) is 2.55. The molecule has 2 rings (SSSR count). The fourth-order valence-corrected chi connectivity index (χ4v) is 3.38. The number of amides is 1. The van der Waals surface area contributed by atoms with Crippen molar-refractivity contribution in [1.29, 1.82) is 0 Å². The van der Waals surface area contributed by atoms with E-state index in [4.69, 9.17) is 4.74 Å². The highest BCUT2D eigenvalue weighted by molar-refractivity contribution is 7.14. The number of ether oxygens (including phenoxy) is 1. The summed E-state index contributed by atoms with van der Waals surface area (Å²) in [5.41, 5.74) is 2.07. The van der Waals surface area contributed by atoms with Crippen LogP contribution in [0.15, 0.2) is 36.4 Å². The molecule has 0 unspecified atom stereocenters. The van der Waals surface area contributed by atoms with Gasteiger partial charge in [0.1, 0.15) is 5.78 Å². The van der Waals surface area contributed by atoms with Crippen LogP contribution in [0.2, 0.25) is 0 Å². The topological polar surface area (TPSA) is 72.5 Å². The Hall–Kier alpha value is -2.31. The van der Waals surface area contributed by atoms with Crippen LogP contribution in [0.5, 0.6) is 0 Å². The molecule has 0 fully saturated rings. The second kappa shape index (κ2) is 10.7. The molecule has 0 aliphatic heterocycles. The van der Waals surface area contributed by atoms with Crippen LogP contribution < -0.4 is 5.32 Å². The van der Waals surface area contributed by atoms with Gasteiger partial charge in [0.05, 0.1) is 11.5 Å². The number of benzene rings is 1. The minimum absolute atomic E-state index is 0.0113. The van der Waals surface area contributed by atoms with Crippen LogP contribution in [0.3, 0.4) is 0 Å². The molecule has 1 heterocycles. The minimum atomic E-state index is -0.162. The van der Waals surface area contributed by atoms with Crippen molar-refractivity contribution < 1.29 is 19.1 Å². The van der Waals surface area contributed by atoms with Gasteiger partial charge in [-0.25, -0.2) is 0 Å². The summed E-state index contributed by atoms with van der Waals surface area (Å²) in [6.07, 6.45) is 0.695. The number of aryl methyl sites for hydroxylation is 1. The molecule has 0 bridgehead atoms. The van der Waals surface area contributed by atoms with Gasteiger partial charge in [0.15, 0.2) is 5.78 Å². The van der Waals surface area contributed by atoms with Crippen LogP contribution in [0.4, 0.5) is 0 Å². The predicted molar refractivity (Wildman–Crippen MR) is 106 cm³/mol. The van der Waals surface area contributed by atoms with Gasteiger partial charge in [-0.1, -0.05) is 24.3 Å². The first-order valence-corrected chi connectivity index (χ1v) is 9.74. The standard InChI is InChI=1S/C21H25NO4S/c1-15-3-11-20(27-15)19(24)10-8-18(23)9-12-21(25)22-13-16-4-6-17(7-5-16)14-26-2/h3-7,11H,8-10,12-14H2,1-2H3,(H,22,25). The van der Waals surface area contributed by atoms with Crippen LogP contribution in [0.25, 0.3) is 0 Å². The summed E-state index contributed by atoms with van der Waals surface area (Å²) < 4.78 is 5.06. The van der Waals surface area contributed by atoms with Gasteiger partial charge in [-0.3, -0.25) is 14.4 Å². The molecule has 2 aromatic rings. The molecule has 0 saturated heterocycles. The Kier molecular flexibility index (Phi) is 8.36. The number of rotatable bonds is 11. The number of ketones is 2. The third-order valence-corrected chi connectivity index (χ3v) is 5.14. The number of nitrogens with one attached hydrogen (secondary N) is 1. The minimum Gasteiger partial charge on any atom is -0.380 e. The van der Waals surface area contributed by atoms with E-state index in [1.165, 1.54) is 11.3 Å². The highest BCUT2D eigenvalue weighted by atomic mass is 32.1. The van der Waals surface area contributed by atoms with E-state index >= 15 is 0 Å². The number of carbonyl (C=O) groups is 3. The zero-order chi connectivity index (χ0) is 19.6. The maximum Gasteiger partial charge on any atom is 0.220 e. The Balaban J connectivity index is 1.64. The molecule has 0 radical (unpaired) electrons. The third-order valence-electron chi connectivity index (χ3n) is 4.10. The zero-order valence-electron chi connectivity index (χ0n) is 15.7. The maximum absolute atomic E-state index is 12.0. The molecule has 1 N–H and O–H groups in total. The molecule has 0 aliphatic carbocycles.